The van der Waals surface area contributed by atoms with Crippen LogP contribution in [-0.4, -0.2) is 66.3 Å². The predicted molar refractivity (Wildman–Crippen MR) is 155 cm³/mol. The summed E-state index contributed by atoms with van der Waals surface area (Å²) in [5.74, 6) is -9.65. The van der Waals surface area contributed by atoms with Crippen molar-refractivity contribution in [2.24, 2.45) is 0 Å². The summed E-state index contributed by atoms with van der Waals surface area (Å²) < 4.78 is 0. The van der Waals surface area contributed by atoms with Gasteiger partial charge in [0.2, 0.25) is 0 Å². The molecule has 0 radical (unpaired) electrons. The van der Waals surface area contributed by atoms with Crippen molar-refractivity contribution in [1.82, 2.24) is 0 Å². The number of hydrogen-bond acceptors (Lipinski definition) is 9. The third kappa shape index (κ3) is 6.62. The smallest absolute Gasteiger partial charge is 0.337 e. The Hall–Kier alpha value is -6.90. The lowest BCUT2D eigenvalue weighted by atomic mass is 10.0. The summed E-state index contributed by atoms with van der Waals surface area (Å²) in [6.45, 7) is 0. The van der Waals surface area contributed by atoms with Crippen LogP contribution in [0, 0.1) is 0 Å². The van der Waals surface area contributed by atoms with Gasteiger partial charge < -0.3 is 46.6 Å². The highest BCUT2D eigenvalue weighted by Crippen LogP contribution is 2.31. The third-order valence-corrected chi connectivity index (χ3v) is 6.25. The first-order valence-corrected chi connectivity index (χ1v) is 12.5. The second-order valence-corrected chi connectivity index (χ2v) is 9.18. The number of carboxylic acids is 3. The summed E-state index contributed by atoms with van der Waals surface area (Å²) in [7, 11) is 0. The Morgan fingerprint density at radius 2 is 0.667 bits per heavy atom. The lowest BCUT2D eigenvalue weighted by Gasteiger charge is -2.15. The van der Waals surface area contributed by atoms with E-state index in [1.54, 1.807) is 0 Å². The third-order valence-electron chi connectivity index (χ3n) is 6.25. The Bertz CT molecular complexity index is 1690. The Morgan fingerprint density at radius 3 is 0.889 bits per heavy atom. The standard InChI is InChI=1S/C30H21N3O12/c34-19-7-1-4-16(28(40)41)22(19)31-25(37)13-10-14(26(38)32-23-17(29(42)43)5-2-8-20(23)35)12-15(11-13)27(39)33-24-18(30(44)45)6-3-9-21(24)36/h1-12,34-36H,(H,31,37)(H,32,38)(H,33,39)(H,40,41)(H,42,43)(H,44,45). The molecule has 15 heteroatoms. The van der Waals surface area contributed by atoms with Crippen molar-refractivity contribution >= 4 is 52.7 Å². The van der Waals surface area contributed by atoms with Gasteiger partial charge in [-0.3, -0.25) is 14.4 Å². The van der Waals surface area contributed by atoms with E-state index in [4.69, 9.17) is 0 Å². The number of amides is 3. The number of para-hydroxylation sites is 3. The average Bonchev–Trinajstić information content (AvgIpc) is 2.99. The first-order valence-electron chi connectivity index (χ1n) is 12.5. The number of phenolic OH excluding ortho intramolecular Hbond substituents is 3. The highest BCUT2D eigenvalue weighted by Gasteiger charge is 2.24. The van der Waals surface area contributed by atoms with Gasteiger partial charge in [0.15, 0.2) is 0 Å². The topological polar surface area (TPSA) is 260 Å². The minimum Gasteiger partial charge on any atom is -0.506 e. The average molecular weight is 616 g/mol. The molecule has 0 saturated carbocycles. The molecular weight excluding hydrogens is 594 g/mol. The van der Waals surface area contributed by atoms with Crippen LogP contribution in [0.5, 0.6) is 17.2 Å². The molecule has 0 bridgehead atoms. The first kappa shape index (κ1) is 31.0. The maximum atomic E-state index is 13.3. The largest absolute Gasteiger partial charge is 0.506 e. The van der Waals surface area contributed by atoms with Crippen molar-refractivity contribution in [2.75, 3.05) is 16.0 Å². The van der Waals surface area contributed by atoms with Gasteiger partial charge in [0.05, 0.1) is 33.8 Å². The Kier molecular flexibility index (Phi) is 8.65. The number of anilines is 3. The summed E-state index contributed by atoms with van der Waals surface area (Å²) in [6, 6.07) is 13.1. The molecule has 0 aliphatic carbocycles. The fourth-order valence-corrected chi connectivity index (χ4v) is 4.13. The number of carbonyl (C=O) groups is 6. The number of phenols is 3. The van der Waals surface area contributed by atoms with E-state index in [1.165, 1.54) is 18.2 Å². The zero-order chi connectivity index (χ0) is 33.0. The van der Waals surface area contributed by atoms with Crippen molar-refractivity contribution in [1.29, 1.82) is 0 Å². The van der Waals surface area contributed by atoms with Gasteiger partial charge in [-0.2, -0.15) is 0 Å². The SMILES string of the molecule is O=C(Nc1c(O)cccc1C(=O)O)c1cc(C(=O)Nc2c(O)cccc2C(=O)O)cc(C(=O)Nc2c(O)cccc2C(=O)O)c1. The molecule has 15 nitrogen and oxygen atoms in total. The van der Waals surface area contributed by atoms with E-state index in [9.17, 15) is 59.4 Å². The van der Waals surface area contributed by atoms with E-state index < -0.39 is 103 Å². The second kappa shape index (κ2) is 12.5. The van der Waals surface area contributed by atoms with Crippen LogP contribution in [-0.2, 0) is 0 Å². The van der Waals surface area contributed by atoms with Crippen molar-refractivity contribution in [3.8, 4) is 17.2 Å². The number of rotatable bonds is 9. The number of aromatic carboxylic acids is 3. The number of carboxylic acid groups (broad SMARTS) is 3. The Labute approximate surface area is 251 Å². The minimum absolute atomic E-state index is 0.445. The lowest BCUT2D eigenvalue weighted by Crippen LogP contribution is -2.21. The molecule has 0 spiro atoms. The van der Waals surface area contributed by atoms with E-state index in [1.807, 2.05) is 0 Å². The number of hydrogen-bond donors (Lipinski definition) is 9. The van der Waals surface area contributed by atoms with Crippen LogP contribution in [0.15, 0.2) is 72.8 Å². The summed E-state index contributed by atoms with van der Waals surface area (Å²) in [6.07, 6.45) is 0. The van der Waals surface area contributed by atoms with Crippen LogP contribution < -0.4 is 16.0 Å². The van der Waals surface area contributed by atoms with Crippen molar-refractivity contribution in [3.63, 3.8) is 0 Å². The minimum atomic E-state index is -1.50. The van der Waals surface area contributed by atoms with Gasteiger partial charge in [0.25, 0.3) is 17.7 Å². The fourth-order valence-electron chi connectivity index (χ4n) is 4.13. The maximum absolute atomic E-state index is 13.3. The van der Waals surface area contributed by atoms with Crippen molar-refractivity contribution in [2.45, 2.75) is 0 Å². The highest BCUT2D eigenvalue weighted by molar-refractivity contribution is 6.16. The van der Waals surface area contributed by atoms with E-state index in [2.05, 4.69) is 16.0 Å². The van der Waals surface area contributed by atoms with Gasteiger partial charge in [-0.05, 0) is 54.6 Å². The molecule has 0 saturated heterocycles. The van der Waals surface area contributed by atoms with Crippen LogP contribution in [0.1, 0.15) is 62.1 Å². The molecule has 0 unspecified atom stereocenters. The predicted octanol–water partition coefficient (Wildman–Crippen LogP) is 3.65. The molecule has 4 aromatic carbocycles. The molecule has 4 rings (SSSR count). The molecule has 0 aliphatic heterocycles. The maximum Gasteiger partial charge on any atom is 0.337 e. The van der Waals surface area contributed by atoms with E-state index in [0.29, 0.717) is 0 Å². The molecule has 45 heavy (non-hydrogen) atoms. The molecular formula is C30H21N3O12. The van der Waals surface area contributed by atoms with Gasteiger partial charge in [-0.25, -0.2) is 14.4 Å². The van der Waals surface area contributed by atoms with Gasteiger partial charge in [0, 0.05) is 16.7 Å². The van der Waals surface area contributed by atoms with Crippen molar-refractivity contribution < 1.29 is 59.4 Å². The quantitative estimate of drug-likeness (QED) is 0.122. The molecule has 0 heterocycles. The monoisotopic (exact) mass is 615 g/mol. The molecule has 3 amide bonds. The number of carbonyl (C=O) groups excluding carboxylic acids is 3. The highest BCUT2D eigenvalue weighted by atomic mass is 16.4. The molecule has 0 atom stereocenters. The fraction of sp³-hybridized carbons (Fsp3) is 0. The van der Waals surface area contributed by atoms with Crippen LogP contribution in [0.3, 0.4) is 0 Å². The summed E-state index contributed by atoms with van der Waals surface area (Å²) in [5, 5.41) is 65.6. The zero-order valence-corrected chi connectivity index (χ0v) is 22.6. The Morgan fingerprint density at radius 1 is 0.422 bits per heavy atom. The first-order chi connectivity index (χ1) is 21.3. The van der Waals surface area contributed by atoms with Crippen LogP contribution in [0.4, 0.5) is 17.1 Å². The van der Waals surface area contributed by atoms with Gasteiger partial charge >= 0.3 is 17.9 Å². The van der Waals surface area contributed by atoms with Crippen LogP contribution in [0.2, 0.25) is 0 Å². The molecule has 0 aliphatic rings. The molecule has 9 N–H and O–H groups in total. The zero-order valence-electron chi connectivity index (χ0n) is 22.6. The van der Waals surface area contributed by atoms with Crippen LogP contribution in [0.25, 0.3) is 0 Å². The van der Waals surface area contributed by atoms with Crippen molar-refractivity contribution in [3.05, 3.63) is 106 Å². The van der Waals surface area contributed by atoms with E-state index in [-0.39, 0.29) is 0 Å². The van der Waals surface area contributed by atoms with Gasteiger partial charge in [-0.1, -0.05) is 18.2 Å². The number of aromatic hydroxyl groups is 3. The van der Waals surface area contributed by atoms with Gasteiger partial charge in [0.1, 0.15) is 17.2 Å². The number of nitrogens with one attached hydrogen (secondary N) is 3. The summed E-state index contributed by atoms with van der Waals surface area (Å²) in [5.41, 5.74) is -4.31. The normalized spacial score (nSPS) is 10.4. The second-order valence-electron chi connectivity index (χ2n) is 9.18. The molecule has 0 fully saturated rings. The van der Waals surface area contributed by atoms with E-state index >= 15 is 0 Å². The lowest BCUT2D eigenvalue weighted by molar-refractivity contribution is 0.0686. The molecule has 228 valence electrons. The van der Waals surface area contributed by atoms with E-state index in [0.717, 1.165) is 54.6 Å². The summed E-state index contributed by atoms with van der Waals surface area (Å²) in [4.78, 5) is 74.8. The molecule has 0 aromatic heterocycles. The van der Waals surface area contributed by atoms with Crippen LogP contribution >= 0.6 is 0 Å². The Balaban J connectivity index is 1.80. The summed E-state index contributed by atoms with van der Waals surface area (Å²) >= 11 is 0. The molecule has 4 aromatic rings. The number of benzene rings is 4. The van der Waals surface area contributed by atoms with Gasteiger partial charge in [-0.15, -0.1) is 0 Å².